The number of rotatable bonds is 4. The van der Waals surface area contributed by atoms with E-state index in [-0.39, 0.29) is 6.04 Å². The van der Waals surface area contributed by atoms with Gasteiger partial charge in [0.1, 0.15) is 17.9 Å². The maximum absolute atomic E-state index is 2.47. The summed E-state index contributed by atoms with van der Waals surface area (Å²) in [4.78, 5) is 0. The summed E-state index contributed by atoms with van der Waals surface area (Å²) in [5.41, 5.74) is 5.44. The molecule has 0 bridgehead atoms. The van der Waals surface area contributed by atoms with E-state index in [0.29, 0.717) is 6.04 Å². The second-order valence-corrected chi connectivity index (χ2v) is 7.28. The van der Waals surface area contributed by atoms with Gasteiger partial charge in [-0.2, -0.15) is 0 Å². The molecule has 0 saturated carbocycles. The number of nitrogens with zero attached hydrogens (tertiary/aromatic N) is 2. The van der Waals surface area contributed by atoms with Crippen LogP contribution in [0.3, 0.4) is 0 Å². The van der Waals surface area contributed by atoms with Crippen LogP contribution >= 0.6 is 0 Å². The molecule has 0 spiro atoms. The molecule has 0 radical (unpaired) electrons. The van der Waals surface area contributed by atoms with Gasteiger partial charge in [-0.15, -0.1) is 0 Å². The number of benzene rings is 3. The van der Waals surface area contributed by atoms with Crippen LogP contribution in [-0.2, 0) is 6.42 Å². The van der Waals surface area contributed by atoms with E-state index in [1.807, 2.05) is 0 Å². The van der Waals surface area contributed by atoms with Gasteiger partial charge in [0.2, 0.25) is 6.33 Å². The van der Waals surface area contributed by atoms with E-state index < -0.39 is 0 Å². The lowest BCUT2D eigenvalue weighted by Crippen LogP contribution is -2.39. The van der Waals surface area contributed by atoms with E-state index in [1.54, 1.807) is 0 Å². The maximum atomic E-state index is 2.47. The maximum Gasteiger partial charge on any atom is 0.245 e. The average Bonchev–Trinajstić information content (AvgIpc) is 3.31. The van der Waals surface area contributed by atoms with Crippen LogP contribution in [0.15, 0.2) is 104 Å². The number of imidazole rings is 1. The van der Waals surface area contributed by atoms with Crippen LogP contribution < -0.4 is 4.57 Å². The Labute approximate surface area is 160 Å². The highest BCUT2D eigenvalue weighted by Gasteiger charge is 2.33. The Kier molecular flexibility index (Phi) is 4.10. The van der Waals surface area contributed by atoms with E-state index in [1.165, 1.54) is 28.8 Å². The molecule has 0 unspecified atom stereocenters. The third-order valence-corrected chi connectivity index (χ3v) is 5.61. The van der Waals surface area contributed by atoms with Gasteiger partial charge < -0.3 is 0 Å². The Morgan fingerprint density at radius 1 is 0.741 bits per heavy atom. The van der Waals surface area contributed by atoms with E-state index >= 15 is 0 Å². The number of aromatic nitrogens is 2. The summed E-state index contributed by atoms with van der Waals surface area (Å²) in [5.74, 6) is 0. The van der Waals surface area contributed by atoms with Crippen molar-refractivity contribution in [1.29, 1.82) is 0 Å². The molecule has 1 atom stereocenters. The zero-order valence-electron chi connectivity index (χ0n) is 15.3. The van der Waals surface area contributed by atoms with Crippen molar-refractivity contribution in [3.05, 3.63) is 126 Å². The Balaban J connectivity index is 1.59. The third kappa shape index (κ3) is 2.97. The van der Waals surface area contributed by atoms with Crippen molar-refractivity contribution in [1.82, 2.24) is 4.57 Å². The Morgan fingerprint density at radius 3 is 1.89 bits per heavy atom. The number of hydrogen-bond donors (Lipinski definition) is 0. The smallest absolute Gasteiger partial charge is 0.227 e. The van der Waals surface area contributed by atoms with E-state index in [0.717, 1.165) is 6.42 Å². The van der Waals surface area contributed by atoms with Crippen LogP contribution in [0.1, 0.15) is 40.9 Å². The van der Waals surface area contributed by atoms with Crippen LogP contribution in [-0.4, -0.2) is 4.57 Å². The molecular formula is C25H23N2+. The lowest BCUT2D eigenvalue weighted by atomic mass is 9.98. The zero-order chi connectivity index (χ0) is 18.1. The highest BCUT2D eigenvalue weighted by molar-refractivity contribution is 5.30. The Bertz CT molecular complexity index is 980. The van der Waals surface area contributed by atoms with Gasteiger partial charge >= 0.3 is 0 Å². The quantitative estimate of drug-likeness (QED) is 0.460. The molecule has 1 aliphatic heterocycles. The standard InChI is InChI=1S/C25H23N2/c1-4-10-20(11-5-1)24-17-16-23-18-26(19-27(23)24)25(21-12-6-2-7-13-21)22-14-8-3-9-15-22/h1-15,18-19,24-25H,16-17H2/q+1/t24-/m0/s1. The predicted octanol–water partition coefficient (Wildman–Crippen LogP) is 4.95. The SMILES string of the molecule is c1ccc(C(c2ccccc2)[n+]2cc3n(c2)[C@H](c2ccccc2)CC3)cc1. The molecule has 2 heterocycles. The lowest BCUT2D eigenvalue weighted by Gasteiger charge is -2.15. The van der Waals surface area contributed by atoms with Crippen molar-refractivity contribution >= 4 is 0 Å². The summed E-state index contributed by atoms with van der Waals surface area (Å²) >= 11 is 0. The van der Waals surface area contributed by atoms with Crippen molar-refractivity contribution in [2.24, 2.45) is 0 Å². The first-order valence-corrected chi connectivity index (χ1v) is 9.66. The van der Waals surface area contributed by atoms with Gasteiger partial charge in [-0.05, 0) is 5.56 Å². The minimum Gasteiger partial charge on any atom is -0.227 e. The molecule has 0 amide bonds. The van der Waals surface area contributed by atoms with Crippen LogP contribution in [0, 0.1) is 0 Å². The number of fused-ring (bicyclic) bond motifs is 1. The summed E-state index contributed by atoms with van der Waals surface area (Å²) in [6, 6.07) is 33.1. The number of aryl methyl sites for hydroxylation is 1. The molecule has 4 aromatic rings. The van der Waals surface area contributed by atoms with Crippen LogP contribution in [0.4, 0.5) is 0 Å². The van der Waals surface area contributed by atoms with Gasteiger partial charge in [0, 0.05) is 24.0 Å². The predicted molar refractivity (Wildman–Crippen MR) is 108 cm³/mol. The molecule has 2 heteroatoms. The van der Waals surface area contributed by atoms with Gasteiger partial charge in [0.05, 0.1) is 0 Å². The van der Waals surface area contributed by atoms with Gasteiger partial charge in [0.25, 0.3) is 0 Å². The fourth-order valence-corrected chi connectivity index (χ4v) is 4.34. The van der Waals surface area contributed by atoms with Crippen molar-refractivity contribution in [2.45, 2.75) is 24.9 Å². The van der Waals surface area contributed by atoms with Gasteiger partial charge in [-0.3, -0.25) is 0 Å². The molecule has 27 heavy (non-hydrogen) atoms. The molecule has 132 valence electrons. The largest absolute Gasteiger partial charge is 0.245 e. The highest BCUT2D eigenvalue weighted by atomic mass is 15.2. The van der Waals surface area contributed by atoms with Gasteiger partial charge in [0.15, 0.2) is 6.04 Å². The summed E-state index contributed by atoms with van der Waals surface area (Å²) in [6.45, 7) is 0. The molecule has 1 aliphatic rings. The van der Waals surface area contributed by atoms with Crippen molar-refractivity contribution in [3.8, 4) is 0 Å². The number of hydrogen-bond acceptors (Lipinski definition) is 0. The first-order chi connectivity index (χ1) is 13.4. The van der Waals surface area contributed by atoms with Crippen LogP contribution in [0.5, 0.6) is 0 Å². The second-order valence-electron chi connectivity index (χ2n) is 7.28. The minimum absolute atomic E-state index is 0.196. The van der Waals surface area contributed by atoms with E-state index in [4.69, 9.17) is 0 Å². The Hall–Kier alpha value is -3.13. The molecule has 2 nitrogen and oxygen atoms in total. The van der Waals surface area contributed by atoms with Gasteiger partial charge in [-0.1, -0.05) is 91.0 Å². The average molecular weight is 351 g/mol. The van der Waals surface area contributed by atoms with Crippen molar-refractivity contribution in [3.63, 3.8) is 0 Å². The highest BCUT2D eigenvalue weighted by Crippen LogP contribution is 2.32. The summed E-state index contributed by atoms with van der Waals surface area (Å²) < 4.78 is 4.85. The molecule has 5 rings (SSSR count). The summed E-state index contributed by atoms with van der Waals surface area (Å²) in [5, 5.41) is 0. The molecule has 1 aromatic heterocycles. The van der Waals surface area contributed by atoms with Crippen molar-refractivity contribution < 1.29 is 4.57 Å². The molecule has 0 aliphatic carbocycles. The minimum atomic E-state index is 0.196. The summed E-state index contributed by atoms with van der Waals surface area (Å²) in [7, 11) is 0. The molecule has 0 N–H and O–H groups in total. The van der Waals surface area contributed by atoms with E-state index in [9.17, 15) is 0 Å². The molecular weight excluding hydrogens is 328 g/mol. The molecule has 3 aromatic carbocycles. The first-order valence-electron chi connectivity index (χ1n) is 9.66. The Morgan fingerprint density at radius 2 is 1.30 bits per heavy atom. The van der Waals surface area contributed by atoms with Gasteiger partial charge in [-0.25, -0.2) is 9.13 Å². The van der Waals surface area contributed by atoms with Crippen LogP contribution in [0.25, 0.3) is 0 Å². The molecule has 0 saturated heterocycles. The van der Waals surface area contributed by atoms with Crippen molar-refractivity contribution in [2.75, 3.05) is 0 Å². The van der Waals surface area contributed by atoms with Crippen LogP contribution in [0.2, 0.25) is 0 Å². The zero-order valence-corrected chi connectivity index (χ0v) is 15.3. The first kappa shape index (κ1) is 16.1. The fraction of sp³-hybridized carbons (Fsp3) is 0.160. The normalized spacial score (nSPS) is 15.8. The van der Waals surface area contributed by atoms with E-state index in [2.05, 4.69) is 113 Å². The monoisotopic (exact) mass is 351 g/mol. The summed E-state index contributed by atoms with van der Waals surface area (Å²) in [6.07, 6.45) is 6.96. The lowest BCUT2D eigenvalue weighted by molar-refractivity contribution is -0.704. The molecule has 0 fully saturated rings. The topological polar surface area (TPSA) is 8.81 Å². The fourth-order valence-electron chi connectivity index (χ4n) is 4.34. The third-order valence-electron chi connectivity index (χ3n) is 5.61. The second kappa shape index (κ2) is 6.88.